The van der Waals surface area contributed by atoms with E-state index in [9.17, 15) is 10.0 Å². The van der Waals surface area contributed by atoms with Crippen LogP contribution in [-0.2, 0) is 0 Å². The van der Waals surface area contributed by atoms with Crippen LogP contribution in [0.4, 0.5) is 16.2 Å². The first kappa shape index (κ1) is 13.7. The number of benzene rings is 2. The molecule has 0 radical (unpaired) electrons. The molecule has 0 unspecified atom stereocenters. The Hall–Kier alpha value is -1.75. The van der Waals surface area contributed by atoms with E-state index >= 15 is 0 Å². The van der Waals surface area contributed by atoms with E-state index in [0.717, 1.165) is 0 Å². The van der Waals surface area contributed by atoms with Gasteiger partial charge in [0.15, 0.2) is 0 Å². The molecule has 0 aliphatic carbocycles. The number of carbonyl (C=O) groups excluding carboxylic acids is 1. The summed E-state index contributed by atoms with van der Waals surface area (Å²) in [6.07, 6.45) is 0. The Balaban J connectivity index is 2.09. The Morgan fingerprint density at radius 1 is 1.05 bits per heavy atom. The predicted molar refractivity (Wildman–Crippen MR) is 76.2 cm³/mol. The van der Waals surface area contributed by atoms with Gasteiger partial charge in [0.2, 0.25) is 0 Å². The molecule has 2 rings (SSSR count). The smallest absolute Gasteiger partial charge is 0.306 e. The van der Waals surface area contributed by atoms with E-state index in [4.69, 9.17) is 23.2 Å². The van der Waals surface area contributed by atoms with Crippen molar-refractivity contribution in [3.8, 4) is 0 Å². The molecule has 4 nitrogen and oxygen atoms in total. The number of nitrogens with zero attached hydrogens (tertiary/aromatic N) is 1. The molecule has 0 spiro atoms. The van der Waals surface area contributed by atoms with Crippen molar-refractivity contribution in [2.45, 2.75) is 0 Å². The van der Waals surface area contributed by atoms with Gasteiger partial charge in [0.1, 0.15) is 0 Å². The molecule has 2 aromatic carbocycles. The van der Waals surface area contributed by atoms with Gasteiger partial charge in [-0.25, -0.2) is 4.79 Å². The Kier molecular flexibility index (Phi) is 4.27. The van der Waals surface area contributed by atoms with Crippen molar-refractivity contribution in [1.29, 1.82) is 0 Å². The minimum atomic E-state index is -0.690. The molecule has 98 valence electrons. The van der Waals surface area contributed by atoms with Crippen LogP contribution in [0.5, 0.6) is 0 Å². The van der Waals surface area contributed by atoms with Crippen molar-refractivity contribution in [1.82, 2.24) is 0 Å². The highest BCUT2D eigenvalue weighted by Gasteiger charge is 2.13. The number of hydroxylamine groups is 1. The van der Waals surface area contributed by atoms with E-state index in [0.29, 0.717) is 26.5 Å². The molecule has 0 heterocycles. The summed E-state index contributed by atoms with van der Waals surface area (Å²) >= 11 is 11.5. The Morgan fingerprint density at radius 2 is 1.74 bits per heavy atom. The lowest BCUT2D eigenvalue weighted by molar-refractivity contribution is 0.216. The molecule has 0 saturated heterocycles. The van der Waals surface area contributed by atoms with Gasteiger partial charge in [-0.15, -0.1) is 0 Å². The summed E-state index contributed by atoms with van der Waals surface area (Å²) in [5.74, 6) is 0. The number of halogens is 2. The van der Waals surface area contributed by atoms with Crippen LogP contribution in [-0.4, -0.2) is 11.2 Å². The molecule has 0 bridgehead atoms. The lowest BCUT2D eigenvalue weighted by atomic mass is 10.3. The third-order valence-electron chi connectivity index (χ3n) is 2.34. The molecule has 2 amide bonds. The van der Waals surface area contributed by atoms with Gasteiger partial charge in [0, 0.05) is 15.7 Å². The van der Waals surface area contributed by atoms with Crippen LogP contribution in [0.3, 0.4) is 0 Å². The second kappa shape index (κ2) is 5.93. The largest absolute Gasteiger partial charge is 0.350 e. The maximum atomic E-state index is 11.8. The van der Waals surface area contributed by atoms with Gasteiger partial charge >= 0.3 is 6.03 Å². The zero-order valence-electron chi connectivity index (χ0n) is 9.68. The number of amides is 2. The lowest BCUT2D eigenvalue weighted by Gasteiger charge is -2.15. The van der Waals surface area contributed by atoms with Crippen LogP contribution in [0.15, 0.2) is 48.5 Å². The van der Waals surface area contributed by atoms with Crippen LogP contribution >= 0.6 is 23.2 Å². The molecule has 0 aliphatic rings. The highest BCUT2D eigenvalue weighted by atomic mass is 35.5. The zero-order chi connectivity index (χ0) is 13.8. The van der Waals surface area contributed by atoms with Gasteiger partial charge in [-0.3, -0.25) is 5.21 Å². The minimum absolute atomic E-state index is 0.309. The van der Waals surface area contributed by atoms with Crippen LogP contribution in [0.1, 0.15) is 0 Å². The second-order valence-corrected chi connectivity index (χ2v) is 4.60. The van der Waals surface area contributed by atoms with Gasteiger partial charge in [0.05, 0.1) is 5.69 Å². The maximum Gasteiger partial charge on any atom is 0.350 e. The monoisotopic (exact) mass is 296 g/mol. The quantitative estimate of drug-likeness (QED) is 0.636. The third kappa shape index (κ3) is 3.61. The zero-order valence-corrected chi connectivity index (χ0v) is 11.2. The first-order valence-electron chi connectivity index (χ1n) is 5.37. The van der Waals surface area contributed by atoms with Gasteiger partial charge < -0.3 is 5.32 Å². The molecule has 0 aliphatic heterocycles. The van der Waals surface area contributed by atoms with E-state index < -0.39 is 6.03 Å². The van der Waals surface area contributed by atoms with Crippen molar-refractivity contribution >= 4 is 40.6 Å². The molecular weight excluding hydrogens is 287 g/mol. The average Bonchev–Trinajstić information content (AvgIpc) is 2.39. The fourth-order valence-corrected chi connectivity index (χ4v) is 1.76. The van der Waals surface area contributed by atoms with E-state index in [1.807, 2.05) is 0 Å². The van der Waals surface area contributed by atoms with E-state index in [2.05, 4.69) is 5.32 Å². The summed E-state index contributed by atoms with van der Waals surface area (Å²) in [6.45, 7) is 0. The number of nitrogens with one attached hydrogen (secondary N) is 1. The second-order valence-electron chi connectivity index (χ2n) is 3.73. The highest BCUT2D eigenvalue weighted by molar-refractivity contribution is 6.31. The summed E-state index contributed by atoms with van der Waals surface area (Å²) in [5.41, 5.74) is 0.800. The van der Waals surface area contributed by atoms with Crippen molar-refractivity contribution in [3.05, 3.63) is 58.6 Å². The normalized spacial score (nSPS) is 10.1. The van der Waals surface area contributed by atoms with Gasteiger partial charge in [-0.2, -0.15) is 5.06 Å². The molecule has 0 aromatic heterocycles. The van der Waals surface area contributed by atoms with E-state index in [-0.39, 0.29) is 0 Å². The Morgan fingerprint density at radius 3 is 2.37 bits per heavy atom. The first-order chi connectivity index (χ1) is 9.06. The van der Waals surface area contributed by atoms with Crippen LogP contribution in [0, 0.1) is 0 Å². The molecule has 2 N–H and O–H groups in total. The van der Waals surface area contributed by atoms with Crippen LogP contribution in [0.25, 0.3) is 0 Å². The number of urea groups is 1. The Labute approximate surface area is 120 Å². The SMILES string of the molecule is O=C(Nc1cccc(Cl)c1)N(O)c1ccc(Cl)cc1. The Bertz CT molecular complexity index is 587. The molecule has 6 heteroatoms. The topological polar surface area (TPSA) is 52.6 Å². The fraction of sp³-hybridized carbons (Fsp3) is 0. The summed E-state index contributed by atoms with van der Waals surface area (Å²) in [6, 6.07) is 12.1. The van der Waals surface area contributed by atoms with Gasteiger partial charge in [-0.1, -0.05) is 29.3 Å². The summed E-state index contributed by atoms with van der Waals surface area (Å²) in [5, 5.41) is 13.8. The van der Waals surface area contributed by atoms with Crippen LogP contribution < -0.4 is 10.4 Å². The molecule has 0 fully saturated rings. The molecular formula is C13H10Cl2N2O2. The standard InChI is InChI=1S/C13H10Cl2N2O2/c14-9-4-6-12(7-5-9)17(19)13(18)16-11-3-1-2-10(15)8-11/h1-8,19H,(H,16,18). The maximum absolute atomic E-state index is 11.8. The molecule has 19 heavy (non-hydrogen) atoms. The summed E-state index contributed by atoms with van der Waals surface area (Å²) in [7, 11) is 0. The lowest BCUT2D eigenvalue weighted by Crippen LogP contribution is -2.31. The van der Waals surface area contributed by atoms with Gasteiger partial charge in [0.25, 0.3) is 0 Å². The predicted octanol–water partition coefficient (Wildman–Crippen LogP) is 4.42. The highest BCUT2D eigenvalue weighted by Crippen LogP contribution is 2.19. The molecule has 2 aromatic rings. The van der Waals surface area contributed by atoms with E-state index in [1.165, 1.54) is 12.1 Å². The van der Waals surface area contributed by atoms with Crippen molar-refractivity contribution < 1.29 is 10.0 Å². The number of rotatable bonds is 2. The van der Waals surface area contributed by atoms with Crippen molar-refractivity contribution in [3.63, 3.8) is 0 Å². The van der Waals surface area contributed by atoms with E-state index in [1.54, 1.807) is 36.4 Å². The minimum Gasteiger partial charge on any atom is -0.306 e. The first-order valence-corrected chi connectivity index (χ1v) is 6.13. The van der Waals surface area contributed by atoms with Crippen molar-refractivity contribution in [2.75, 3.05) is 10.4 Å². The average molecular weight is 297 g/mol. The number of hydrogen-bond donors (Lipinski definition) is 2. The fourth-order valence-electron chi connectivity index (χ4n) is 1.44. The van der Waals surface area contributed by atoms with Gasteiger partial charge in [-0.05, 0) is 42.5 Å². The van der Waals surface area contributed by atoms with Crippen molar-refractivity contribution in [2.24, 2.45) is 0 Å². The third-order valence-corrected chi connectivity index (χ3v) is 2.83. The number of carbonyl (C=O) groups is 1. The van der Waals surface area contributed by atoms with Crippen LogP contribution in [0.2, 0.25) is 10.0 Å². The summed E-state index contributed by atoms with van der Waals surface area (Å²) < 4.78 is 0. The molecule has 0 saturated carbocycles. The number of anilines is 2. The molecule has 0 atom stereocenters. The summed E-state index contributed by atoms with van der Waals surface area (Å²) in [4.78, 5) is 11.8. The number of hydrogen-bond acceptors (Lipinski definition) is 2.